The Bertz CT molecular complexity index is 1300. The number of nitrogens with zero attached hydrogens (tertiary/aromatic N) is 3. The van der Waals surface area contributed by atoms with Crippen LogP contribution in [0.2, 0.25) is 15.1 Å². The molecule has 35 heavy (non-hydrogen) atoms. The average molecular weight is 615 g/mol. The normalized spacial score (nSPS) is 10.9. The van der Waals surface area contributed by atoms with E-state index < -0.39 is 0 Å². The first-order valence-corrected chi connectivity index (χ1v) is 13.3. The van der Waals surface area contributed by atoms with Crippen LogP contribution in [0.1, 0.15) is 16.7 Å². The number of rotatable bonds is 10. The van der Waals surface area contributed by atoms with Crippen LogP contribution >= 0.6 is 62.5 Å². The van der Waals surface area contributed by atoms with Gasteiger partial charge < -0.3 is 14.9 Å². The molecule has 0 bridgehead atoms. The molecule has 0 atom stereocenters. The van der Waals surface area contributed by atoms with Crippen molar-refractivity contribution in [1.82, 2.24) is 14.9 Å². The van der Waals surface area contributed by atoms with Gasteiger partial charge in [-0.05, 0) is 63.5 Å². The molecular formula is C24H20BrCl3N4O2S. The smallest absolute Gasteiger partial charge is 0.210 e. The predicted molar refractivity (Wildman–Crippen MR) is 146 cm³/mol. The molecule has 0 aliphatic carbocycles. The second-order valence-corrected chi connectivity index (χ2v) is 10.4. The molecule has 0 aliphatic heterocycles. The van der Waals surface area contributed by atoms with Gasteiger partial charge in [0.05, 0.1) is 18.1 Å². The number of hydrogen-bond acceptors (Lipinski definition) is 6. The molecule has 0 radical (unpaired) electrons. The third-order valence-corrected chi connectivity index (χ3v) is 7.37. The lowest BCUT2D eigenvalue weighted by Gasteiger charge is -2.16. The summed E-state index contributed by atoms with van der Waals surface area (Å²) in [5.41, 5.74) is 6.28. The van der Waals surface area contributed by atoms with Crippen LogP contribution in [0.4, 0.5) is 0 Å². The Morgan fingerprint density at radius 3 is 2.51 bits per heavy atom. The number of methoxy groups -OCH3 is 1. The molecule has 0 saturated heterocycles. The van der Waals surface area contributed by atoms with Crippen molar-refractivity contribution in [1.29, 1.82) is 0 Å². The van der Waals surface area contributed by atoms with Gasteiger partial charge in [-0.15, -0.1) is 10.2 Å². The zero-order valence-corrected chi connectivity index (χ0v) is 23.1. The van der Waals surface area contributed by atoms with Crippen molar-refractivity contribution in [3.8, 4) is 11.5 Å². The Kier molecular flexibility index (Phi) is 9.08. The molecule has 0 amide bonds. The van der Waals surface area contributed by atoms with E-state index in [9.17, 15) is 0 Å². The number of hydrogen-bond donors (Lipinski definition) is 1. The molecule has 3 aromatic carbocycles. The summed E-state index contributed by atoms with van der Waals surface area (Å²) in [7, 11) is 1.60. The van der Waals surface area contributed by atoms with Gasteiger partial charge in [0, 0.05) is 26.4 Å². The van der Waals surface area contributed by atoms with Crippen molar-refractivity contribution in [2.24, 2.45) is 0 Å². The van der Waals surface area contributed by atoms with Gasteiger partial charge >= 0.3 is 0 Å². The summed E-state index contributed by atoms with van der Waals surface area (Å²) in [4.78, 5) is 0. The van der Waals surface area contributed by atoms with E-state index in [1.165, 1.54) is 0 Å². The number of halogens is 4. The Hall–Kier alpha value is -2.10. The second kappa shape index (κ2) is 12.2. The predicted octanol–water partition coefficient (Wildman–Crippen LogP) is 7.62. The third-order valence-electron chi connectivity index (χ3n) is 4.93. The number of nitrogens with one attached hydrogen (secondary N) is 1. The van der Waals surface area contributed by atoms with E-state index in [0.29, 0.717) is 28.1 Å². The lowest BCUT2D eigenvalue weighted by atomic mass is 10.2. The Labute approximate surface area is 231 Å². The van der Waals surface area contributed by atoms with Crippen LogP contribution in [0, 0.1) is 0 Å². The van der Waals surface area contributed by atoms with E-state index >= 15 is 0 Å². The van der Waals surface area contributed by atoms with Crippen molar-refractivity contribution in [3.63, 3.8) is 0 Å². The van der Waals surface area contributed by atoms with Gasteiger partial charge in [0.1, 0.15) is 12.9 Å². The molecule has 182 valence electrons. The summed E-state index contributed by atoms with van der Waals surface area (Å²) in [6.45, 7) is 0.794. The highest BCUT2D eigenvalue weighted by atomic mass is 79.9. The molecule has 6 nitrogen and oxygen atoms in total. The van der Waals surface area contributed by atoms with Crippen molar-refractivity contribution in [2.75, 3.05) is 12.5 Å². The van der Waals surface area contributed by atoms with E-state index in [4.69, 9.17) is 44.3 Å². The average Bonchev–Trinajstić information content (AvgIpc) is 3.29. The minimum atomic E-state index is 0.275. The molecule has 11 heteroatoms. The molecule has 1 aromatic heterocycles. The highest BCUT2D eigenvalue weighted by Gasteiger charge is 2.14. The summed E-state index contributed by atoms with van der Waals surface area (Å²) >= 11 is 23.4. The SMILES string of the molecule is COc1cc(CNn2cnnc2SCc2ccc(Cl)cc2)cc(Br)c1OCc1ccc(Cl)cc1Cl. The van der Waals surface area contributed by atoms with Gasteiger partial charge in [-0.2, -0.15) is 0 Å². The molecule has 0 saturated carbocycles. The highest BCUT2D eigenvalue weighted by Crippen LogP contribution is 2.38. The van der Waals surface area contributed by atoms with E-state index in [0.717, 1.165) is 37.1 Å². The summed E-state index contributed by atoms with van der Waals surface area (Å²) in [6, 6.07) is 16.9. The van der Waals surface area contributed by atoms with Crippen molar-refractivity contribution < 1.29 is 9.47 Å². The van der Waals surface area contributed by atoms with Gasteiger partial charge in [-0.25, -0.2) is 4.68 Å². The van der Waals surface area contributed by atoms with E-state index in [2.05, 4.69) is 31.6 Å². The van der Waals surface area contributed by atoms with Gasteiger partial charge in [0.2, 0.25) is 5.16 Å². The van der Waals surface area contributed by atoms with E-state index in [-0.39, 0.29) is 6.61 Å². The fourth-order valence-corrected chi connectivity index (χ4v) is 5.18. The summed E-state index contributed by atoms with van der Waals surface area (Å²) in [6.07, 6.45) is 1.64. The quantitative estimate of drug-likeness (QED) is 0.186. The van der Waals surface area contributed by atoms with Crippen molar-refractivity contribution in [3.05, 3.63) is 97.2 Å². The standard InChI is InChI=1S/C24H20BrCl3N4O2S/c1-33-22-9-16(8-20(25)23(22)34-12-17-4-7-19(27)10-21(17)28)11-30-32-14-29-31-24(32)35-13-15-2-5-18(26)6-3-15/h2-10,14,30H,11-13H2,1H3. The van der Waals surface area contributed by atoms with Crippen LogP contribution in [-0.2, 0) is 18.9 Å². The van der Waals surface area contributed by atoms with E-state index in [1.54, 1.807) is 42.0 Å². The molecule has 4 rings (SSSR count). The zero-order valence-electron chi connectivity index (χ0n) is 18.5. The molecule has 1 heterocycles. The fraction of sp³-hybridized carbons (Fsp3) is 0.167. The summed E-state index contributed by atoms with van der Waals surface area (Å²) in [5, 5.41) is 10.8. The topological polar surface area (TPSA) is 61.2 Å². The molecule has 0 spiro atoms. The zero-order chi connectivity index (χ0) is 24.8. The van der Waals surface area contributed by atoms with Crippen LogP contribution in [0.15, 0.2) is 70.6 Å². The third kappa shape index (κ3) is 6.98. The maximum absolute atomic E-state index is 6.27. The molecular weight excluding hydrogens is 595 g/mol. The maximum atomic E-state index is 6.27. The highest BCUT2D eigenvalue weighted by molar-refractivity contribution is 9.10. The first-order valence-electron chi connectivity index (χ1n) is 10.4. The van der Waals surface area contributed by atoms with Gasteiger partial charge in [0.25, 0.3) is 0 Å². The van der Waals surface area contributed by atoms with Crippen LogP contribution < -0.4 is 14.9 Å². The summed E-state index contributed by atoms with van der Waals surface area (Å²) in [5.74, 6) is 1.94. The largest absolute Gasteiger partial charge is 0.493 e. The number of thioether (sulfide) groups is 1. The second-order valence-electron chi connectivity index (χ2n) is 7.37. The monoisotopic (exact) mass is 612 g/mol. The molecule has 0 aliphatic rings. The lowest BCUT2D eigenvalue weighted by Crippen LogP contribution is -2.14. The van der Waals surface area contributed by atoms with Crippen molar-refractivity contribution >= 4 is 62.5 Å². The first-order chi connectivity index (χ1) is 16.9. The maximum Gasteiger partial charge on any atom is 0.210 e. The van der Waals surface area contributed by atoms with Crippen LogP contribution in [-0.4, -0.2) is 22.0 Å². The Balaban J connectivity index is 1.40. The number of ether oxygens (including phenoxy) is 2. The first kappa shape index (κ1) is 26.0. The van der Waals surface area contributed by atoms with Gasteiger partial charge in [0.15, 0.2) is 11.5 Å². The summed E-state index contributed by atoms with van der Waals surface area (Å²) < 4.78 is 14.2. The number of benzene rings is 3. The molecule has 4 aromatic rings. The minimum Gasteiger partial charge on any atom is -0.493 e. The van der Waals surface area contributed by atoms with E-state index in [1.807, 2.05) is 42.5 Å². The lowest BCUT2D eigenvalue weighted by molar-refractivity contribution is 0.282. The van der Waals surface area contributed by atoms with Gasteiger partial charge in [-0.1, -0.05) is 64.8 Å². The fourth-order valence-electron chi connectivity index (χ4n) is 3.14. The minimum absolute atomic E-state index is 0.275. The Morgan fingerprint density at radius 2 is 1.77 bits per heavy atom. The van der Waals surface area contributed by atoms with Crippen molar-refractivity contribution in [2.45, 2.75) is 24.1 Å². The van der Waals surface area contributed by atoms with Crippen LogP contribution in [0.3, 0.4) is 0 Å². The Morgan fingerprint density at radius 1 is 1.00 bits per heavy atom. The van der Waals surface area contributed by atoms with Crippen LogP contribution in [0.5, 0.6) is 11.5 Å². The molecule has 0 unspecified atom stereocenters. The number of aromatic nitrogens is 3. The van der Waals surface area contributed by atoms with Crippen LogP contribution in [0.25, 0.3) is 0 Å². The molecule has 1 N–H and O–H groups in total. The van der Waals surface area contributed by atoms with Gasteiger partial charge in [-0.3, -0.25) is 0 Å². The molecule has 0 fully saturated rings.